The quantitative estimate of drug-likeness (QED) is 0.855. The number of hydrogen-bond acceptors (Lipinski definition) is 4. The number of hydrogen-bond donors (Lipinski definition) is 0. The van der Waals surface area contributed by atoms with Crippen molar-refractivity contribution in [1.82, 2.24) is 14.8 Å². The molecule has 0 spiro atoms. The molecule has 0 unspecified atom stereocenters. The molecule has 122 valence electrons. The molecule has 4 nitrogen and oxygen atoms in total. The fraction of sp³-hybridized carbons (Fsp3) is 0.722. The summed E-state index contributed by atoms with van der Waals surface area (Å²) in [6, 6.07) is 2.36. The van der Waals surface area contributed by atoms with Crippen molar-refractivity contribution in [2.24, 2.45) is 0 Å². The number of piperidine rings is 2. The standard InChI is InChI=1S/C18H29N3O/c1-20-10-6-15(7-11-20)16-12-17(18(22-2)19-13-16)14-21-8-4-3-5-9-21/h12-13,15H,3-11,14H2,1-2H3. The van der Waals surface area contributed by atoms with E-state index in [0.29, 0.717) is 5.92 Å². The van der Waals surface area contributed by atoms with Crippen LogP contribution in [0.25, 0.3) is 0 Å². The summed E-state index contributed by atoms with van der Waals surface area (Å²) in [5, 5.41) is 0. The second-order valence-electron chi connectivity index (χ2n) is 6.85. The third kappa shape index (κ3) is 3.79. The average molecular weight is 303 g/mol. The Balaban J connectivity index is 1.73. The van der Waals surface area contributed by atoms with Crippen molar-refractivity contribution in [2.45, 2.75) is 44.6 Å². The third-order valence-electron chi connectivity index (χ3n) is 5.17. The Morgan fingerprint density at radius 3 is 2.55 bits per heavy atom. The molecule has 22 heavy (non-hydrogen) atoms. The van der Waals surface area contributed by atoms with Crippen molar-refractivity contribution >= 4 is 0 Å². The maximum atomic E-state index is 5.50. The normalized spacial score (nSPS) is 21.9. The Hall–Kier alpha value is -1.13. The van der Waals surface area contributed by atoms with Crippen LogP contribution in [0, 0.1) is 0 Å². The van der Waals surface area contributed by atoms with Gasteiger partial charge in [-0.3, -0.25) is 4.90 Å². The summed E-state index contributed by atoms with van der Waals surface area (Å²) >= 11 is 0. The van der Waals surface area contributed by atoms with Crippen molar-refractivity contribution in [1.29, 1.82) is 0 Å². The molecule has 0 atom stereocenters. The Morgan fingerprint density at radius 2 is 1.86 bits per heavy atom. The Morgan fingerprint density at radius 1 is 1.14 bits per heavy atom. The molecule has 0 amide bonds. The molecule has 3 heterocycles. The van der Waals surface area contributed by atoms with Crippen molar-refractivity contribution in [3.05, 3.63) is 23.4 Å². The van der Waals surface area contributed by atoms with E-state index in [1.54, 1.807) is 7.11 Å². The van der Waals surface area contributed by atoms with Gasteiger partial charge in [0, 0.05) is 18.3 Å². The van der Waals surface area contributed by atoms with E-state index in [9.17, 15) is 0 Å². The van der Waals surface area contributed by atoms with Gasteiger partial charge in [0.25, 0.3) is 0 Å². The molecule has 4 heteroatoms. The van der Waals surface area contributed by atoms with E-state index >= 15 is 0 Å². The fourth-order valence-electron chi connectivity index (χ4n) is 3.74. The molecule has 2 saturated heterocycles. The van der Waals surface area contributed by atoms with Gasteiger partial charge in [0.05, 0.1) is 7.11 Å². The van der Waals surface area contributed by atoms with Crippen LogP contribution >= 0.6 is 0 Å². The predicted octanol–water partition coefficient (Wildman–Crippen LogP) is 2.89. The van der Waals surface area contributed by atoms with Crippen LogP contribution in [0.1, 0.15) is 49.1 Å². The molecule has 0 bridgehead atoms. The summed E-state index contributed by atoms with van der Waals surface area (Å²) in [4.78, 5) is 9.56. The number of pyridine rings is 1. The van der Waals surface area contributed by atoms with Crippen molar-refractivity contribution < 1.29 is 4.74 Å². The van der Waals surface area contributed by atoms with Crippen LogP contribution < -0.4 is 4.74 Å². The second kappa shape index (κ2) is 7.42. The maximum absolute atomic E-state index is 5.50. The van der Waals surface area contributed by atoms with Gasteiger partial charge in [-0.25, -0.2) is 4.98 Å². The molecule has 0 saturated carbocycles. The highest BCUT2D eigenvalue weighted by Gasteiger charge is 2.21. The average Bonchev–Trinajstić information content (AvgIpc) is 2.56. The van der Waals surface area contributed by atoms with Gasteiger partial charge in [-0.1, -0.05) is 6.42 Å². The van der Waals surface area contributed by atoms with E-state index in [0.717, 1.165) is 12.4 Å². The first-order valence-electron chi connectivity index (χ1n) is 8.70. The molecule has 1 aromatic rings. The van der Waals surface area contributed by atoms with E-state index < -0.39 is 0 Å². The van der Waals surface area contributed by atoms with E-state index in [1.807, 2.05) is 6.20 Å². The molecule has 0 aliphatic carbocycles. The highest BCUT2D eigenvalue weighted by Crippen LogP contribution is 2.30. The number of ether oxygens (including phenoxy) is 1. The molecule has 3 rings (SSSR count). The minimum Gasteiger partial charge on any atom is -0.481 e. The maximum Gasteiger partial charge on any atom is 0.217 e. The largest absolute Gasteiger partial charge is 0.481 e. The zero-order valence-electron chi connectivity index (χ0n) is 14.1. The Labute approximate surface area is 134 Å². The number of nitrogens with zero attached hydrogens (tertiary/aromatic N) is 3. The molecule has 1 aromatic heterocycles. The summed E-state index contributed by atoms with van der Waals surface area (Å²) in [7, 11) is 3.95. The van der Waals surface area contributed by atoms with Gasteiger partial charge in [-0.05, 0) is 76.5 Å². The zero-order chi connectivity index (χ0) is 15.4. The van der Waals surface area contributed by atoms with Gasteiger partial charge in [-0.15, -0.1) is 0 Å². The highest BCUT2D eigenvalue weighted by molar-refractivity contribution is 5.32. The molecular weight excluding hydrogens is 274 g/mol. The van der Waals surface area contributed by atoms with Crippen LogP contribution in [0.2, 0.25) is 0 Å². The van der Waals surface area contributed by atoms with E-state index in [-0.39, 0.29) is 0 Å². The van der Waals surface area contributed by atoms with Gasteiger partial charge in [-0.2, -0.15) is 0 Å². The van der Waals surface area contributed by atoms with Crippen molar-refractivity contribution in [3.63, 3.8) is 0 Å². The summed E-state index contributed by atoms with van der Waals surface area (Å²) < 4.78 is 5.50. The Bertz CT molecular complexity index is 477. The minimum absolute atomic E-state index is 0.662. The van der Waals surface area contributed by atoms with Crippen molar-refractivity contribution in [3.8, 4) is 5.88 Å². The fourth-order valence-corrected chi connectivity index (χ4v) is 3.74. The molecule has 2 aliphatic rings. The lowest BCUT2D eigenvalue weighted by molar-refractivity contribution is 0.217. The van der Waals surface area contributed by atoms with Gasteiger partial charge >= 0.3 is 0 Å². The second-order valence-corrected chi connectivity index (χ2v) is 6.85. The summed E-state index contributed by atoms with van der Waals surface area (Å²) in [5.41, 5.74) is 2.67. The summed E-state index contributed by atoms with van der Waals surface area (Å²) in [6.45, 7) is 5.79. The Kier molecular flexibility index (Phi) is 5.32. The SMILES string of the molecule is COc1ncc(C2CCN(C)CC2)cc1CN1CCCCC1. The van der Waals surface area contributed by atoms with Crippen LogP contribution in [0.5, 0.6) is 5.88 Å². The van der Waals surface area contributed by atoms with Gasteiger partial charge < -0.3 is 9.64 Å². The summed E-state index contributed by atoms with van der Waals surface area (Å²) in [6.07, 6.45) is 8.55. The van der Waals surface area contributed by atoms with Crippen LogP contribution in [-0.2, 0) is 6.54 Å². The molecule has 2 fully saturated rings. The molecule has 0 aromatic carbocycles. The summed E-state index contributed by atoms with van der Waals surface area (Å²) in [5.74, 6) is 1.47. The molecule has 0 radical (unpaired) electrons. The first-order valence-corrected chi connectivity index (χ1v) is 8.70. The van der Waals surface area contributed by atoms with Crippen molar-refractivity contribution in [2.75, 3.05) is 40.3 Å². The van der Waals surface area contributed by atoms with Gasteiger partial charge in [0.1, 0.15) is 0 Å². The minimum atomic E-state index is 0.662. The third-order valence-corrected chi connectivity index (χ3v) is 5.17. The predicted molar refractivity (Wildman–Crippen MR) is 89.4 cm³/mol. The van der Waals surface area contributed by atoms with E-state index in [2.05, 4.69) is 27.9 Å². The van der Waals surface area contributed by atoms with Crippen LogP contribution in [0.15, 0.2) is 12.3 Å². The number of aromatic nitrogens is 1. The number of likely N-dealkylation sites (tertiary alicyclic amines) is 2. The lowest BCUT2D eigenvalue weighted by atomic mass is 9.90. The zero-order valence-corrected chi connectivity index (χ0v) is 14.1. The van der Waals surface area contributed by atoms with E-state index in [1.165, 1.54) is 69.4 Å². The molecular formula is C18H29N3O. The molecule has 2 aliphatic heterocycles. The van der Waals surface area contributed by atoms with Gasteiger partial charge in [0.15, 0.2) is 0 Å². The monoisotopic (exact) mass is 303 g/mol. The lowest BCUT2D eigenvalue weighted by Gasteiger charge is -2.30. The van der Waals surface area contributed by atoms with Gasteiger partial charge in [0.2, 0.25) is 5.88 Å². The first-order chi connectivity index (χ1) is 10.8. The van der Waals surface area contributed by atoms with Crippen LogP contribution in [0.3, 0.4) is 0 Å². The number of rotatable bonds is 4. The first kappa shape index (κ1) is 15.8. The van der Waals surface area contributed by atoms with E-state index in [4.69, 9.17) is 4.74 Å². The lowest BCUT2D eigenvalue weighted by Crippen LogP contribution is -2.30. The topological polar surface area (TPSA) is 28.6 Å². The number of methoxy groups -OCH3 is 1. The highest BCUT2D eigenvalue weighted by atomic mass is 16.5. The van der Waals surface area contributed by atoms with Crippen LogP contribution in [0.4, 0.5) is 0 Å². The molecule has 0 N–H and O–H groups in total. The van der Waals surface area contributed by atoms with Crippen LogP contribution in [-0.4, -0.2) is 55.1 Å². The smallest absolute Gasteiger partial charge is 0.217 e.